The van der Waals surface area contributed by atoms with Gasteiger partial charge in [0.05, 0.1) is 17.9 Å². The highest BCUT2D eigenvalue weighted by molar-refractivity contribution is 7.89. The fraction of sp³-hybridized carbons (Fsp3) is 0.364. The molecule has 0 spiro atoms. The molecule has 4 rings (SSSR count). The summed E-state index contributed by atoms with van der Waals surface area (Å²) in [5.41, 5.74) is 1.19. The number of carbonyl (C=O) groups is 2. The van der Waals surface area contributed by atoms with Crippen molar-refractivity contribution in [2.24, 2.45) is 5.92 Å². The largest absolute Gasteiger partial charge is 0.497 e. The van der Waals surface area contributed by atoms with Gasteiger partial charge < -0.3 is 15.0 Å². The monoisotopic (exact) mass is 443 g/mol. The van der Waals surface area contributed by atoms with Gasteiger partial charge >= 0.3 is 0 Å². The first-order valence-electron chi connectivity index (χ1n) is 10.2. The Morgan fingerprint density at radius 1 is 1.10 bits per heavy atom. The van der Waals surface area contributed by atoms with Crippen LogP contribution in [0, 0.1) is 5.92 Å². The summed E-state index contributed by atoms with van der Waals surface area (Å²) in [6.45, 7) is 1.36. The highest BCUT2D eigenvalue weighted by Crippen LogP contribution is 2.29. The molecule has 8 nitrogen and oxygen atoms in total. The van der Waals surface area contributed by atoms with Crippen LogP contribution in [0.3, 0.4) is 0 Å². The van der Waals surface area contributed by atoms with Gasteiger partial charge in [0.15, 0.2) is 0 Å². The summed E-state index contributed by atoms with van der Waals surface area (Å²) < 4.78 is 31.9. The van der Waals surface area contributed by atoms with E-state index in [1.165, 1.54) is 16.4 Å². The highest BCUT2D eigenvalue weighted by atomic mass is 32.2. The second-order valence-electron chi connectivity index (χ2n) is 7.73. The van der Waals surface area contributed by atoms with E-state index in [1.807, 2.05) is 0 Å². The summed E-state index contributed by atoms with van der Waals surface area (Å²) in [6.07, 6.45) is 1.87. The summed E-state index contributed by atoms with van der Waals surface area (Å²) in [4.78, 5) is 27.0. The second kappa shape index (κ2) is 8.68. The van der Waals surface area contributed by atoms with Crippen LogP contribution in [0.1, 0.15) is 19.3 Å². The molecule has 0 aromatic heterocycles. The van der Waals surface area contributed by atoms with Crippen molar-refractivity contribution in [2.75, 3.05) is 37.0 Å². The number of sulfonamides is 1. The number of ether oxygens (including phenoxy) is 1. The van der Waals surface area contributed by atoms with E-state index in [0.29, 0.717) is 30.2 Å². The van der Waals surface area contributed by atoms with Gasteiger partial charge in [-0.15, -0.1) is 0 Å². The lowest BCUT2D eigenvalue weighted by Gasteiger charge is -2.18. The van der Waals surface area contributed by atoms with Crippen LogP contribution in [0.5, 0.6) is 5.75 Å². The third-order valence-electron chi connectivity index (χ3n) is 5.69. The van der Waals surface area contributed by atoms with Crippen molar-refractivity contribution >= 4 is 33.2 Å². The molecular formula is C22H25N3O5S. The van der Waals surface area contributed by atoms with Crippen molar-refractivity contribution in [2.45, 2.75) is 24.2 Å². The third kappa shape index (κ3) is 4.42. The summed E-state index contributed by atoms with van der Waals surface area (Å²) >= 11 is 0. The van der Waals surface area contributed by atoms with Crippen LogP contribution in [0.25, 0.3) is 0 Å². The van der Waals surface area contributed by atoms with Crippen LogP contribution in [-0.2, 0) is 19.6 Å². The van der Waals surface area contributed by atoms with E-state index in [0.717, 1.165) is 12.8 Å². The topological polar surface area (TPSA) is 96.0 Å². The minimum atomic E-state index is -3.49. The molecular weight excluding hydrogens is 418 g/mol. The number of hydrogen-bond acceptors (Lipinski definition) is 5. The Hall–Kier alpha value is -2.91. The van der Waals surface area contributed by atoms with E-state index in [-0.39, 0.29) is 29.7 Å². The Kier molecular flexibility index (Phi) is 5.97. The summed E-state index contributed by atoms with van der Waals surface area (Å²) in [7, 11) is -1.93. The molecule has 1 atom stereocenters. The quantitative estimate of drug-likeness (QED) is 0.740. The molecule has 2 amide bonds. The lowest BCUT2D eigenvalue weighted by atomic mass is 10.1. The fourth-order valence-corrected chi connectivity index (χ4v) is 5.46. The van der Waals surface area contributed by atoms with Crippen molar-refractivity contribution in [3.05, 3.63) is 48.5 Å². The van der Waals surface area contributed by atoms with Crippen LogP contribution < -0.4 is 15.0 Å². The molecule has 0 saturated carbocycles. The van der Waals surface area contributed by atoms with Gasteiger partial charge in [0, 0.05) is 43.5 Å². The van der Waals surface area contributed by atoms with Crippen molar-refractivity contribution in [3.63, 3.8) is 0 Å². The summed E-state index contributed by atoms with van der Waals surface area (Å²) in [6, 6.07) is 13.3. The number of rotatable bonds is 6. The standard InChI is InChI=1S/C22H25N3O5S/c1-30-19-6-4-5-18(14-19)25-15-16(13-21(25)26)22(27)23-17-7-9-20(10-8-17)31(28,29)24-11-2-3-12-24/h4-10,14,16H,2-3,11-13,15H2,1H3,(H,23,27)/t16-/m0/s1. The second-order valence-corrected chi connectivity index (χ2v) is 9.67. The lowest BCUT2D eigenvalue weighted by Crippen LogP contribution is -2.28. The number of carbonyl (C=O) groups excluding carboxylic acids is 2. The first-order chi connectivity index (χ1) is 14.9. The molecule has 0 aliphatic carbocycles. The van der Waals surface area contributed by atoms with Crippen LogP contribution >= 0.6 is 0 Å². The molecule has 1 N–H and O–H groups in total. The molecule has 2 aliphatic rings. The molecule has 164 valence electrons. The highest BCUT2D eigenvalue weighted by Gasteiger charge is 2.35. The molecule has 9 heteroatoms. The zero-order chi connectivity index (χ0) is 22.0. The van der Waals surface area contributed by atoms with Gasteiger partial charge in [-0.3, -0.25) is 9.59 Å². The molecule has 2 saturated heterocycles. The lowest BCUT2D eigenvalue weighted by molar-refractivity contribution is -0.122. The van der Waals surface area contributed by atoms with Crippen LogP contribution in [0.2, 0.25) is 0 Å². The Bertz CT molecular complexity index is 1080. The predicted molar refractivity (Wildman–Crippen MR) is 117 cm³/mol. The molecule has 0 radical (unpaired) electrons. The van der Waals surface area contributed by atoms with Gasteiger partial charge in [-0.25, -0.2) is 8.42 Å². The van der Waals surface area contributed by atoms with Crippen molar-refractivity contribution in [1.82, 2.24) is 4.31 Å². The minimum absolute atomic E-state index is 0.116. The van der Waals surface area contributed by atoms with E-state index >= 15 is 0 Å². The minimum Gasteiger partial charge on any atom is -0.497 e. The Balaban J connectivity index is 1.41. The van der Waals surface area contributed by atoms with E-state index in [1.54, 1.807) is 48.4 Å². The van der Waals surface area contributed by atoms with Gasteiger partial charge in [-0.1, -0.05) is 6.07 Å². The molecule has 31 heavy (non-hydrogen) atoms. The fourth-order valence-electron chi connectivity index (χ4n) is 3.94. The molecule has 2 aromatic rings. The van der Waals surface area contributed by atoms with E-state index in [4.69, 9.17) is 4.74 Å². The Labute approximate surface area is 181 Å². The Morgan fingerprint density at radius 2 is 1.81 bits per heavy atom. The molecule has 2 heterocycles. The van der Waals surface area contributed by atoms with Gasteiger partial charge in [-0.05, 0) is 49.2 Å². The first kappa shape index (κ1) is 21.3. The number of nitrogens with zero attached hydrogens (tertiary/aromatic N) is 2. The molecule has 2 fully saturated rings. The zero-order valence-electron chi connectivity index (χ0n) is 17.3. The summed E-state index contributed by atoms with van der Waals surface area (Å²) in [5.74, 6) is -0.247. The third-order valence-corrected chi connectivity index (χ3v) is 7.60. The SMILES string of the molecule is COc1cccc(N2C[C@@H](C(=O)Nc3ccc(S(=O)(=O)N4CCCC4)cc3)CC2=O)c1. The van der Waals surface area contributed by atoms with Gasteiger partial charge in [0.25, 0.3) is 0 Å². The van der Waals surface area contributed by atoms with Crippen LogP contribution in [0.15, 0.2) is 53.4 Å². The molecule has 0 bridgehead atoms. The maximum absolute atomic E-state index is 12.7. The smallest absolute Gasteiger partial charge is 0.243 e. The average molecular weight is 444 g/mol. The zero-order valence-corrected chi connectivity index (χ0v) is 18.1. The van der Waals surface area contributed by atoms with Gasteiger partial charge in [0.2, 0.25) is 21.8 Å². The van der Waals surface area contributed by atoms with Crippen LogP contribution in [-0.4, -0.2) is 51.3 Å². The molecule has 2 aliphatic heterocycles. The van der Waals surface area contributed by atoms with Crippen molar-refractivity contribution in [1.29, 1.82) is 0 Å². The van der Waals surface area contributed by atoms with E-state index in [2.05, 4.69) is 5.32 Å². The number of anilines is 2. The number of methoxy groups -OCH3 is 1. The maximum atomic E-state index is 12.7. The van der Waals surface area contributed by atoms with Gasteiger partial charge in [-0.2, -0.15) is 4.31 Å². The number of nitrogens with one attached hydrogen (secondary N) is 1. The normalized spacial score (nSPS) is 19.6. The van der Waals surface area contributed by atoms with Crippen molar-refractivity contribution < 1.29 is 22.7 Å². The summed E-state index contributed by atoms with van der Waals surface area (Å²) in [5, 5.41) is 2.80. The van der Waals surface area contributed by atoms with Crippen molar-refractivity contribution in [3.8, 4) is 5.75 Å². The maximum Gasteiger partial charge on any atom is 0.243 e. The number of amides is 2. The first-order valence-corrected chi connectivity index (χ1v) is 11.7. The molecule has 2 aromatic carbocycles. The van der Waals surface area contributed by atoms with Crippen LogP contribution in [0.4, 0.5) is 11.4 Å². The van der Waals surface area contributed by atoms with Gasteiger partial charge in [0.1, 0.15) is 5.75 Å². The number of benzene rings is 2. The molecule has 0 unspecified atom stereocenters. The predicted octanol–water partition coefficient (Wildman–Crippen LogP) is 2.47. The number of hydrogen-bond donors (Lipinski definition) is 1. The van der Waals surface area contributed by atoms with E-state index < -0.39 is 15.9 Å². The van der Waals surface area contributed by atoms with E-state index in [9.17, 15) is 18.0 Å². The Morgan fingerprint density at radius 3 is 2.48 bits per heavy atom. The average Bonchev–Trinajstić information content (AvgIpc) is 3.45.